The second kappa shape index (κ2) is 12.2. The number of rotatable bonds is 0. The van der Waals surface area contributed by atoms with Crippen LogP contribution in [0.15, 0.2) is 58.1 Å². The number of aromatic nitrogens is 4. The summed E-state index contributed by atoms with van der Waals surface area (Å²) in [7, 11) is 0. The first-order valence-electron chi connectivity index (χ1n) is 7.22. The minimum atomic E-state index is 0.856. The summed E-state index contributed by atoms with van der Waals surface area (Å²) in [6, 6.07) is 2.03. The van der Waals surface area contributed by atoms with Crippen molar-refractivity contribution >= 4 is 22.7 Å². The SMILES string of the molecule is Cc1cc[nH]c1.Cc1cnco1.Cc1cncs1.Cc1cscn1. The second-order valence-corrected chi connectivity index (χ2v) is 6.55. The maximum absolute atomic E-state index is 4.72. The molecule has 4 aromatic heterocycles. The molecule has 4 rings (SSSR count). The van der Waals surface area contributed by atoms with Gasteiger partial charge in [0.05, 0.1) is 17.2 Å². The molecule has 0 aliphatic carbocycles. The number of oxazole rings is 1. The van der Waals surface area contributed by atoms with Gasteiger partial charge in [0.15, 0.2) is 6.39 Å². The molecule has 7 heteroatoms. The minimum absolute atomic E-state index is 0.856. The van der Waals surface area contributed by atoms with Crippen LogP contribution in [-0.2, 0) is 0 Å². The normalized spacial score (nSPS) is 8.83. The Hall–Kier alpha value is -2.25. The van der Waals surface area contributed by atoms with Crippen molar-refractivity contribution in [3.63, 3.8) is 0 Å². The van der Waals surface area contributed by atoms with E-state index in [4.69, 9.17) is 4.42 Å². The summed E-state index contributed by atoms with van der Waals surface area (Å²) in [5.41, 5.74) is 6.06. The fourth-order valence-corrected chi connectivity index (χ4v) is 2.19. The Morgan fingerprint density at radius 2 is 1.88 bits per heavy atom. The molecule has 5 nitrogen and oxygen atoms in total. The zero-order valence-corrected chi connectivity index (χ0v) is 15.9. The number of nitrogens with zero attached hydrogens (tertiary/aromatic N) is 3. The lowest BCUT2D eigenvalue weighted by molar-refractivity contribution is 0.527. The van der Waals surface area contributed by atoms with E-state index in [9.17, 15) is 0 Å². The Balaban J connectivity index is 0.000000160. The Morgan fingerprint density at radius 3 is 2.04 bits per heavy atom. The molecule has 0 unspecified atom stereocenters. The summed E-state index contributed by atoms with van der Waals surface area (Å²) in [6.45, 7) is 7.93. The highest BCUT2D eigenvalue weighted by atomic mass is 32.1. The molecule has 1 N–H and O–H groups in total. The van der Waals surface area contributed by atoms with E-state index in [0.29, 0.717) is 0 Å². The van der Waals surface area contributed by atoms with E-state index in [1.54, 1.807) is 28.9 Å². The van der Waals surface area contributed by atoms with Gasteiger partial charge < -0.3 is 9.40 Å². The Kier molecular flexibility index (Phi) is 10.1. The predicted octanol–water partition coefficient (Wildman–Crippen LogP) is 5.21. The van der Waals surface area contributed by atoms with Crippen molar-refractivity contribution in [3.05, 3.63) is 75.5 Å². The lowest BCUT2D eigenvalue weighted by Crippen LogP contribution is -1.59. The highest BCUT2D eigenvalue weighted by Crippen LogP contribution is 1.99. The van der Waals surface area contributed by atoms with E-state index in [1.807, 2.05) is 61.8 Å². The van der Waals surface area contributed by atoms with Gasteiger partial charge >= 0.3 is 0 Å². The van der Waals surface area contributed by atoms with E-state index < -0.39 is 0 Å². The molecule has 0 saturated carbocycles. The number of nitrogens with one attached hydrogen (secondary N) is 1. The van der Waals surface area contributed by atoms with Crippen LogP contribution in [0.3, 0.4) is 0 Å². The van der Waals surface area contributed by atoms with Crippen LogP contribution in [0.5, 0.6) is 0 Å². The van der Waals surface area contributed by atoms with Crippen LogP contribution in [0.2, 0.25) is 0 Å². The van der Waals surface area contributed by atoms with Gasteiger partial charge in [-0.05, 0) is 39.3 Å². The summed E-state index contributed by atoms with van der Waals surface area (Å²) in [5.74, 6) is 0.856. The Morgan fingerprint density at radius 1 is 1.04 bits per heavy atom. The molecule has 0 fully saturated rings. The molecule has 0 amide bonds. The monoisotopic (exact) mass is 362 g/mol. The molecule has 0 aliphatic rings. The molecular formula is C17H22N4OS2. The van der Waals surface area contributed by atoms with Crippen LogP contribution in [0.4, 0.5) is 0 Å². The third-order valence-corrected chi connectivity index (χ3v) is 3.83. The van der Waals surface area contributed by atoms with Crippen LogP contribution >= 0.6 is 22.7 Å². The highest BCUT2D eigenvalue weighted by Gasteiger charge is 1.78. The van der Waals surface area contributed by atoms with Gasteiger partial charge in [-0.3, -0.25) is 9.97 Å². The van der Waals surface area contributed by atoms with Crippen LogP contribution in [0, 0.1) is 27.7 Å². The number of aryl methyl sites for hydroxylation is 4. The minimum Gasteiger partial charge on any atom is -0.449 e. The van der Waals surface area contributed by atoms with Crippen LogP contribution in [0.25, 0.3) is 0 Å². The molecule has 0 aromatic carbocycles. The van der Waals surface area contributed by atoms with Crippen molar-refractivity contribution in [2.75, 3.05) is 0 Å². The molecule has 4 aromatic rings. The number of H-pyrrole nitrogens is 1. The first-order valence-corrected chi connectivity index (χ1v) is 9.04. The van der Waals surface area contributed by atoms with Gasteiger partial charge in [0, 0.05) is 34.5 Å². The van der Waals surface area contributed by atoms with Crippen molar-refractivity contribution < 1.29 is 4.42 Å². The first-order chi connectivity index (χ1) is 11.6. The van der Waals surface area contributed by atoms with Gasteiger partial charge in [0.1, 0.15) is 5.76 Å². The zero-order chi connectivity index (χ0) is 17.6. The lowest BCUT2D eigenvalue weighted by atomic mass is 10.4. The molecule has 4 heterocycles. The molecule has 0 radical (unpaired) electrons. The third-order valence-electron chi connectivity index (χ3n) is 2.42. The second-order valence-electron chi connectivity index (χ2n) is 4.74. The summed E-state index contributed by atoms with van der Waals surface area (Å²) in [6.07, 6.45) is 8.80. The molecule has 0 atom stereocenters. The number of thiazole rings is 2. The van der Waals surface area contributed by atoms with E-state index in [0.717, 1.165) is 11.5 Å². The fourth-order valence-electron chi connectivity index (χ4n) is 1.24. The predicted molar refractivity (Wildman–Crippen MR) is 100 cm³/mol. The summed E-state index contributed by atoms with van der Waals surface area (Å²) in [5, 5.41) is 2.01. The van der Waals surface area contributed by atoms with Gasteiger partial charge in [0.25, 0.3) is 0 Å². The first kappa shape index (κ1) is 19.8. The Labute approximate surface area is 150 Å². The van der Waals surface area contributed by atoms with Gasteiger partial charge in [-0.25, -0.2) is 4.98 Å². The summed E-state index contributed by atoms with van der Waals surface area (Å²) < 4.78 is 4.72. The standard InChI is InChI=1S/C5H7N.C4H5NO.2C4H5NS/c1-5-2-3-6-4-5;1-4-2-5-3-6-4;1-4-2-6-3-5-4;1-4-2-5-3-6-4/h2-4,6H,1H3;3*2-3H,1H3. The number of hydrogen-bond acceptors (Lipinski definition) is 6. The quantitative estimate of drug-likeness (QED) is 0.466. The fraction of sp³-hybridized carbons (Fsp3) is 0.235. The van der Waals surface area contributed by atoms with E-state index in [-0.39, 0.29) is 0 Å². The van der Waals surface area contributed by atoms with Gasteiger partial charge in [-0.2, -0.15) is 0 Å². The van der Waals surface area contributed by atoms with Crippen molar-refractivity contribution in [2.24, 2.45) is 0 Å². The molecule has 0 aliphatic heterocycles. The lowest BCUT2D eigenvalue weighted by Gasteiger charge is -1.66. The van der Waals surface area contributed by atoms with E-state index >= 15 is 0 Å². The van der Waals surface area contributed by atoms with Crippen molar-refractivity contribution in [1.82, 2.24) is 19.9 Å². The van der Waals surface area contributed by atoms with Crippen molar-refractivity contribution in [3.8, 4) is 0 Å². The topological polar surface area (TPSA) is 67.6 Å². The summed E-state index contributed by atoms with van der Waals surface area (Å²) in [4.78, 5) is 15.6. The van der Waals surface area contributed by atoms with E-state index in [1.165, 1.54) is 16.8 Å². The molecule has 0 saturated heterocycles. The van der Waals surface area contributed by atoms with Crippen molar-refractivity contribution in [2.45, 2.75) is 27.7 Å². The number of aromatic amines is 1. The molecule has 24 heavy (non-hydrogen) atoms. The van der Waals surface area contributed by atoms with E-state index in [2.05, 4.69) is 26.9 Å². The van der Waals surface area contributed by atoms with Crippen LogP contribution in [-0.4, -0.2) is 19.9 Å². The van der Waals surface area contributed by atoms with Crippen molar-refractivity contribution in [1.29, 1.82) is 0 Å². The van der Waals surface area contributed by atoms with Gasteiger partial charge in [-0.1, -0.05) is 0 Å². The summed E-state index contributed by atoms with van der Waals surface area (Å²) >= 11 is 3.30. The molecule has 0 bridgehead atoms. The largest absolute Gasteiger partial charge is 0.449 e. The Bertz CT molecular complexity index is 574. The third kappa shape index (κ3) is 10.5. The molecule has 0 spiro atoms. The maximum Gasteiger partial charge on any atom is 0.180 e. The zero-order valence-electron chi connectivity index (χ0n) is 14.3. The maximum atomic E-state index is 4.72. The average Bonchev–Trinajstić information content (AvgIpc) is 3.31. The highest BCUT2D eigenvalue weighted by molar-refractivity contribution is 7.09. The smallest absolute Gasteiger partial charge is 0.180 e. The van der Waals surface area contributed by atoms with Gasteiger partial charge in [-0.15, -0.1) is 22.7 Å². The van der Waals surface area contributed by atoms with Gasteiger partial charge in [0.2, 0.25) is 0 Å². The molecule has 128 valence electrons. The van der Waals surface area contributed by atoms with Crippen LogP contribution in [0.1, 0.15) is 21.9 Å². The number of hydrogen-bond donors (Lipinski definition) is 1. The van der Waals surface area contributed by atoms with Crippen LogP contribution < -0.4 is 0 Å². The molecular weight excluding hydrogens is 340 g/mol. The average molecular weight is 363 g/mol.